The largest absolute Gasteiger partial charge is 0.490 e. The Hall–Kier alpha value is -1.18. The minimum Gasteiger partial charge on any atom is -0.490 e. The van der Waals surface area contributed by atoms with Gasteiger partial charge in [0, 0.05) is 44.8 Å². The van der Waals surface area contributed by atoms with Crippen molar-refractivity contribution in [2.45, 2.75) is 44.4 Å². The number of hydrogen-bond acceptors (Lipinski definition) is 6. The van der Waals surface area contributed by atoms with Crippen molar-refractivity contribution in [2.24, 2.45) is 5.41 Å². The van der Waals surface area contributed by atoms with Crippen LogP contribution >= 0.6 is 0 Å². The Bertz CT molecular complexity index is 553. The molecule has 1 saturated carbocycles. The first-order chi connectivity index (χ1) is 13.5. The van der Waals surface area contributed by atoms with Crippen molar-refractivity contribution >= 4 is 0 Å². The summed E-state index contributed by atoms with van der Waals surface area (Å²) in [5.41, 5.74) is 1.28. The predicted octanol–water partition coefficient (Wildman–Crippen LogP) is 2.30. The average Bonchev–Trinajstić information content (AvgIpc) is 2.66. The van der Waals surface area contributed by atoms with Crippen LogP contribution in [0.15, 0.2) is 24.3 Å². The number of methoxy groups -OCH3 is 2. The predicted molar refractivity (Wildman–Crippen MR) is 112 cm³/mol. The number of ether oxygens (including phenoxy) is 3. The molecule has 0 heterocycles. The molecule has 6 heteroatoms. The van der Waals surface area contributed by atoms with Crippen LogP contribution in [0.3, 0.4) is 0 Å². The summed E-state index contributed by atoms with van der Waals surface area (Å²) in [7, 11) is 7.41. The molecule has 6 nitrogen and oxygen atoms in total. The van der Waals surface area contributed by atoms with Crippen LogP contribution in [0.5, 0.6) is 5.75 Å². The molecule has 0 radical (unpaired) electrons. The van der Waals surface area contributed by atoms with Crippen molar-refractivity contribution in [1.29, 1.82) is 0 Å². The minimum absolute atomic E-state index is 0.118. The lowest BCUT2D eigenvalue weighted by atomic mass is 9.74. The Balaban J connectivity index is 1.93. The Morgan fingerprint density at radius 2 is 1.82 bits per heavy atom. The highest BCUT2D eigenvalue weighted by Gasteiger charge is 2.36. The molecule has 0 bridgehead atoms. The summed E-state index contributed by atoms with van der Waals surface area (Å²) in [6, 6.07) is 8.24. The van der Waals surface area contributed by atoms with Crippen LogP contribution in [0.2, 0.25) is 0 Å². The van der Waals surface area contributed by atoms with E-state index in [9.17, 15) is 5.11 Å². The Morgan fingerprint density at radius 3 is 2.43 bits per heavy atom. The molecule has 0 saturated heterocycles. The first kappa shape index (κ1) is 23.1. The van der Waals surface area contributed by atoms with Gasteiger partial charge in [-0.05, 0) is 45.8 Å². The van der Waals surface area contributed by atoms with Gasteiger partial charge >= 0.3 is 0 Å². The number of aliphatic hydroxyl groups is 1. The maximum absolute atomic E-state index is 10.0. The molecule has 2 rings (SSSR count). The highest BCUT2D eigenvalue weighted by Crippen LogP contribution is 2.38. The second-order valence-corrected chi connectivity index (χ2v) is 8.20. The molecule has 0 aromatic heterocycles. The van der Waals surface area contributed by atoms with Gasteiger partial charge in [0.1, 0.15) is 5.75 Å². The van der Waals surface area contributed by atoms with Crippen molar-refractivity contribution in [2.75, 3.05) is 54.6 Å². The highest BCUT2D eigenvalue weighted by atomic mass is 16.5. The Morgan fingerprint density at radius 1 is 1.18 bits per heavy atom. The maximum atomic E-state index is 10.0. The van der Waals surface area contributed by atoms with E-state index in [1.54, 1.807) is 14.2 Å². The molecule has 0 spiro atoms. The zero-order chi connectivity index (χ0) is 20.4. The zero-order valence-electron chi connectivity index (χ0n) is 17.9. The van der Waals surface area contributed by atoms with Crippen LogP contribution in [0.4, 0.5) is 0 Å². The molecule has 0 amide bonds. The number of para-hydroxylation sites is 1. The van der Waals surface area contributed by atoms with E-state index < -0.39 is 0 Å². The van der Waals surface area contributed by atoms with Gasteiger partial charge in [-0.25, -0.2) is 0 Å². The van der Waals surface area contributed by atoms with Crippen LogP contribution in [0.25, 0.3) is 0 Å². The lowest BCUT2D eigenvalue weighted by Gasteiger charge is -2.39. The summed E-state index contributed by atoms with van der Waals surface area (Å²) < 4.78 is 17.3. The van der Waals surface area contributed by atoms with Crippen LogP contribution in [0, 0.1) is 5.41 Å². The SMILES string of the molecule is CNC[C@H](O)CN(C)Cc1ccccc1OC1CCC(COC)(COC)CC1. The third-order valence-electron chi connectivity index (χ3n) is 5.56. The maximum Gasteiger partial charge on any atom is 0.124 e. The topological polar surface area (TPSA) is 63.2 Å². The number of aliphatic hydroxyl groups excluding tert-OH is 1. The summed E-state index contributed by atoms with van der Waals surface area (Å²) in [4.78, 5) is 2.13. The van der Waals surface area contributed by atoms with Gasteiger partial charge in [-0.2, -0.15) is 0 Å². The number of likely N-dealkylation sites (N-methyl/N-ethyl adjacent to an activating group) is 2. The molecule has 2 N–H and O–H groups in total. The third kappa shape index (κ3) is 7.01. The van der Waals surface area contributed by atoms with Gasteiger partial charge < -0.3 is 24.6 Å². The first-order valence-corrected chi connectivity index (χ1v) is 10.3. The summed E-state index contributed by atoms with van der Waals surface area (Å²) >= 11 is 0. The van der Waals surface area contributed by atoms with E-state index in [1.807, 2.05) is 26.2 Å². The lowest BCUT2D eigenvalue weighted by Crippen LogP contribution is -2.39. The van der Waals surface area contributed by atoms with Gasteiger partial charge in [0.2, 0.25) is 0 Å². The van der Waals surface area contributed by atoms with Crippen molar-refractivity contribution in [1.82, 2.24) is 10.2 Å². The van der Waals surface area contributed by atoms with Gasteiger partial charge in [-0.3, -0.25) is 4.90 Å². The van der Waals surface area contributed by atoms with Gasteiger partial charge in [0.15, 0.2) is 0 Å². The molecular formula is C22H38N2O4. The molecule has 1 aliphatic rings. The Labute approximate surface area is 170 Å². The molecule has 1 fully saturated rings. The van der Waals surface area contributed by atoms with Gasteiger partial charge in [0.25, 0.3) is 0 Å². The van der Waals surface area contributed by atoms with Crippen molar-refractivity contribution < 1.29 is 19.3 Å². The molecule has 0 aliphatic heterocycles. The molecular weight excluding hydrogens is 356 g/mol. The number of nitrogens with zero attached hydrogens (tertiary/aromatic N) is 1. The van der Waals surface area contributed by atoms with Gasteiger partial charge in [-0.15, -0.1) is 0 Å². The second kappa shape index (κ2) is 11.7. The van der Waals surface area contributed by atoms with Crippen LogP contribution in [0.1, 0.15) is 31.2 Å². The quantitative estimate of drug-likeness (QED) is 0.567. The van der Waals surface area contributed by atoms with Gasteiger partial charge in [0.05, 0.1) is 25.4 Å². The second-order valence-electron chi connectivity index (χ2n) is 8.20. The van der Waals surface area contributed by atoms with E-state index in [0.717, 1.165) is 56.8 Å². The number of nitrogens with one attached hydrogen (secondary N) is 1. The molecule has 1 aromatic rings. The van der Waals surface area contributed by atoms with Crippen molar-refractivity contribution in [3.8, 4) is 5.75 Å². The normalized spacial score (nSPS) is 18.4. The fourth-order valence-electron chi connectivity index (χ4n) is 4.21. The van der Waals surface area contributed by atoms with E-state index in [-0.39, 0.29) is 17.6 Å². The standard InChI is InChI=1S/C22H38N2O4/c1-23-13-19(25)15-24(2)14-18-7-5-6-8-21(18)28-20-9-11-22(12-10-20,16-26-3)17-27-4/h5-8,19-20,23,25H,9-17H2,1-4H3/t19-/m0/s1. The number of benzene rings is 1. The molecule has 1 aromatic carbocycles. The average molecular weight is 395 g/mol. The zero-order valence-corrected chi connectivity index (χ0v) is 17.9. The summed E-state index contributed by atoms with van der Waals surface area (Å²) in [6.07, 6.45) is 3.98. The van der Waals surface area contributed by atoms with E-state index in [2.05, 4.69) is 22.3 Å². The third-order valence-corrected chi connectivity index (χ3v) is 5.56. The summed E-state index contributed by atoms with van der Waals surface area (Å²) in [6.45, 7) is 3.44. The molecule has 1 aliphatic carbocycles. The van der Waals surface area contributed by atoms with Crippen LogP contribution in [-0.4, -0.2) is 76.8 Å². The monoisotopic (exact) mass is 394 g/mol. The summed E-state index contributed by atoms with van der Waals surface area (Å²) in [5, 5.41) is 13.0. The first-order valence-electron chi connectivity index (χ1n) is 10.3. The van der Waals surface area contributed by atoms with Crippen LogP contribution < -0.4 is 10.1 Å². The highest BCUT2D eigenvalue weighted by molar-refractivity contribution is 5.33. The smallest absolute Gasteiger partial charge is 0.124 e. The van der Waals surface area contributed by atoms with E-state index in [4.69, 9.17) is 14.2 Å². The summed E-state index contributed by atoms with van der Waals surface area (Å²) in [5.74, 6) is 0.952. The molecule has 1 atom stereocenters. The van der Waals surface area contributed by atoms with Crippen molar-refractivity contribution in [3.63, 3.8) is 0 Å². The lowest BCUT2D eigenvalue weighted by molar-refractivity contribution is -0.0340. The van der Waals surface area contributed by atoms with E-state index >= 15 is 0 Å². The van der Waals surface area contributed by atoms with E-state index in [1.165, 1.54) is 0 Å². The minimum atomic E-state index is -0.379. The number of hydrogen-bond donors (Lipinski definition) is 2. The van der Waals surface area contributed by atoms with Gasteiger partial charge in [-0.1, -0.05) is 18.2 Å². The molecule has 160 valence electrons. The Kier molecular flexibility index (Phi) is 9.68. The van der Waals surface area contributed by atoms with E-state index in [0.29, 0.717) is 13.1 Å². The van der Waals surface area contributed by atoms with Crippen molar-refractivity contribution in [3.05, 3.63) is 29.8 Å². The van der Waals surface area contributed by atoms with Crippen LogP contribution in [-0.2, 0) is 16.0 Å². The molecule has 0 unspecified atom stereocenters. The molecule has 28 heavy (non-hydrogen) atoms. The fraction of sp³-hybridized carbons (Fsp3) is 0.727. The number of rotatable bonds is 12. The fourth-order valence-corrected chi connectivity index (χ4v) is 4.21.